The quantitative estimate of drug-likeness (QED) is 0.597. The smallest absolute Gasteiger partial charge is 0.0465 e. The molecule has 0 spiro atoms. The minimum Gasteiger partial charge on any atom is -0.396 e. The summed E-state index contributed by atoms with van der Waals surface area (Å²) in [6.07, 6.45) is 2.25. The molecule has 3 atom stereocenters. The summed E-state index contributed by atoms with van der Waals surface area (Å²) in [7, 11) is 0. The molecule has 0 amide bonds. The lowest BCUT2D eigenvalue weighted by Gasteiger charge is -2.17. The standard InChI is InChI=1S/C8H16O2/c1-6-2-3-7(4-9)8(6)5-10/h6-10H,2-5H2,1H3. The Labute approximate surface area is 61.9 Å². The Morgan fingerprint density at radius 1 is 1.20 bits per heavy atom. The lowest BCUT2D eigenvalue weighted by molar-refractivity contribution is 0.122. The Bertz CT molecular complexity index is 103. The van der Waals surface area contributed by atoms with Gasteiger partial charge in [-0.05, 0) is 30.6 Å². The van der Waals surface area contributed by atoms with Gasteiger partial charge in [-0.1, -0.05) is 6.92 Å². The second-order valence-corrected chi connectivity index (χ2v) is 3.34. The van der Waals surface area contributed by atoms with Crippen molar-refractivity contribution < 1.29 is 10.2 Å². The van der Waals surface area contributed by atoms with Crippen LogP contribution in [0.3, 0.4) is 0 Å². The molecule has 0 radical (unpaired) electrons. The number of aliphatic hydroxyl groups excluding tert-OH is 2. The molecule has 1 aliphatic rings. The van der Waals surface area contributed by atoms with Crippen LogP contribution in [0.2, 0.25) is 0 Å². The molecule has 3 unspecified atom stereocenters. The summed E-state index contributed by atoms with van der Waals surface area (Å²) in [5.41, 5.74) is 0. The predicted molar refractivity (Wildman–Crippen MR) is 39.5 cm³/mol. The fourth-order valence-corrected chi connectivity index (χ4v) is 1.93. The highest BCUT2D eigenvalue weighted by Gasteiger charge is 2.31. The SMILES string of the molecule is CC1CCC(CO)C1CO. The fourth-order valence-electron chi connectivity index (χ4n) is 1.93. The monoisotopic (exact) mass is 144 g/mol. The van der Waals surface area contributed by atoms with Gasteiger partial charge in [0, 0.05) is 13.2 Å². The third-order valence-corrected chi connectivity index (χ3v) is 2.77. The van der Waals surface area contributed by atoms with Gasteiger partial charge in [0.15, 0.2) is 0 Å². The molecule has 0 aromatic rings. The molecule has 1 rings (SSSR count). The van der Waals surface area contributed by atoms with Crippen molar-refractivity contribution in [3.63, 3.8) is 0 Å². The van der Waals surface area contributed by atoms with Gasteiger partial charge >= 0.3 is 0 Å². The lowest BCUT2D eigenvalue weighted by Crippen LogP contribution is -2.19. The van der Waals surface area contributed by atoms with Gasteiger partial charge in [-0.3, -0.25) is 0 Å². The Balaban J connectivity index is 2.45. The van der Waals surface area contributed by atoms with Crippen molar-refractivity contribution in [2.45, 2.75) is 19.8 Å². The average Bonchev–Trinajstić information content (AvgIpc) is 2.30. The Morgan fingerprint density at radius 2 is 1.90 bits per heavy atom. The maximum absolute atomic E-state index is 8.93. The minimum absolute atomic E-state index is 0.242. The molecule has 0 aromatic heterocycles. The van der Waals surface area contributed by atoms with E-state index >= 15 is 0 Å². The van der Waals surface area contributed by atoms with E-state index in [0.29, 0.717) is 17.8 Å². The molecule has 10 heavy (non-hydrogen) atoms. The van der Waals surface area contributed by atoms with E-state index in [9.17, 15) is 0 Å². The first-order chi connectivity index (χ1) is 4.79. The van der Waals surface area contributed by atoms with Crippen LogP contribution >= 0.6 is 0 Å². The Morgan fingerprint density at radius 3 is 2.30 bits per heavy atom. The van der Waals surface area contributed by atoms with Crippen LogP contribution in [0.4, 0.5) is 0 Å². The van der Waals surface area contributed by atoms with Crippen molar-refractivity contribution >= 4 is 0 Å². The van der Waals surface area contributed by atoms with E-state index in [2.05, 4.69) is 6.92 Å². The maximum atomic E-state index is 8.93. The lowest BCUT2D eigenvalue weighted by atomic mass is 9.92. The zero-order chi connectivity index (χ0) is 7.56. The first-order valence-electron chi connectivity index (χ1n) is 4.01. The third kappa shape index (κ3) is 1.32. The van der Waals surface area contributed by atoms with Crippen molar-refractivity contribution in [1.82, 2.24) is 0 Å². The maximum Gasteiger partial charge on any atom is 0.0465 e. The van der Waals surface area contributed by atoms with E-state index in [4.69, 9.17) is 10.2 Å². The summed E-state index contributed by atoms with van der Waals surface area (Å²) < 4.78 is 0. The van der Waals surface area contributed by atoms with Crippen molar-refractivity contribution in [2.75, 3.05) is 13.2 Å². The topological polar surface area (TPSA) is 40.5 Å². The molecule has 2 N–H and O–H groups in total. The van der Waals surface area contributed by atoms with Gasteiger partial charge in [-0.15, -0.1) is 0 Å². The number of hydrogen-bond acceptors (Lipinski definition) is 2. The second kappa shape index (κ2) is 3.35. The summed E-state index contributed by atoms with van der Waals surface area (Å²) in [4.78, 5) is 0. The van der Waals surface area contributed by atoms with Gasteiger partial charge in [0.25, 0.3) is 0 Å². The van der Waals surface area contributed by atoms with Crippen LogP contribution in [-0.2, 0) is 0 Å². The molecule has 0 aromatic carbocycles. The van der Waals surface area contributed by atoms with Gasteiger partial charge in [-0.25, -0.2) is 0 Å². The van der Waals surface area contributed by atoms with E-state index in [1.54, 1.807) is 0 Å². The van der Waals surface area contributed by atoms with Crippen LogP contribution in [0.5, 0.6) is 0 Å². The van der Waals surface area contributed by atoms with Crippen molar-refractivity contribution in [3.8, 4) is 0 Å². The van der Waals surface area contributed by atoms with Crippen molar-refractivity contribution in [1.29, 1.82) is 0 Å². The van der Waals surface area contributed by atoms with Crippen LogP contribution in [0, 0.1) is 17.8 Å². The molecular formula is C8H16O2. The molecule has 60 valence electrons. The van der Waals surface area contributed by atoms with E-state index in [0.717, 1.165) is 12.8 Å². The largest absolute Gasteiger partial charge is 0.396 e. The minimum atomic E-state index is 0.242. The Kier molecular flexibility index (Phi) is 2.69. The highest BCUT2D eigenvalue weighted by molar-refractivity contribution is 4.81. The molecule has 0 saturated heterocycles. The normalized spacial score (nSPS) is 40.5. The third-order valence-electron chi connectivity index (χ3n) is 2.77. The van der Waals surface area contributed by atoms with Crippen LogP contribution in [0.1, 0.15) is 19.8 Å². The van der Waals surface area contributed by atoms with Crippen LogP contribution in [0.25, 0.3) is 0 Å². The fraction of sp³-hybridized carbons (Fsp3) is 1.00. The van der Waals surface area contributed by atoms with Gasteiger partial charge in [-0.2, -0.15) is 0 Å². The molecule has 0 aliphatic heterocycles. The number of rotatable bonds is 2. The number of hydrogen-bond donors (Lipinski definition) is 2. The van der Waals surface area contributed by atoms with E-state index < -0.39 is 0 Å². The molecular weight excluding hydrogens is 128 g/mol. The van der Waals surface area contributed by atoms with Gasteiger partial charge < -0.3 is 10.2 Å². The molecule has 1 saturated carbocycles. The van der Waals surface area contributed by atoms with Gasteiger partial charge in [0.1, 0.15) is 0 Å². The van der Waals surface area contributed by atoms with E-state index in [1.807, 2.05) is 0 Å². The highest BCUT2D eigenvalue weighted by atomic mass is 16.3. The second-order valence-electron chi connectivity index (χ2n) is 3.34. The van der Waals surface area contributed by atoms with Crippen molar-refractivity contribution in [3.05, 3.63) is 0 Å². The van der Waals surface area contributed by atoms with E-state index in [1.165, 1.54) is 0 Å². The highest BCUT2D eigenvalue weighted by Crippen LogP contribution is 2.35. The molecule has 2 nitrogen and oxygen atoms in total. The van der Waals surface area contributed by atoms with Crippen LogP contribution < -0.4 is 0 Å². The first kappa shape index (κ1) is 8.02. The predicted octanol–water partition coefficient (Wildman–Crippen LogP) is 0.633. The summed E-state index contributed by atoms with van der Waals surface area (Å²) >= 11 is 0. The summed E-state index contributed by atoms with van der Waals surface area (Å²) in [6.45, 7) is 2.64. The average molecular weight is 144 g/mol. The summed E-state index contributed by atoms with van der Waals surface area (Å²) in [6, 6.07) is 0. The first-order valence-corrected chi connectivity index (χ1v) is 4.01. The van der Waals surface area contributed by atoms with Crippen LogP contribution in [-0.4, -0.2) is 23.4 Å². The zero-order valence-electron chi connectivity index (χ0n) is 6.45. The molecule has 1 aliphatic carbocycles. The Hall–Kier alpha value is -0.0800. The van der Waals surface area contributed by atoms with Gasteiger partial charge in [0.05, 0.1) is 0 Å². The molecule has 0 heterocycles. The summed E-state index contributed by atoms with van der Waals surface area (Å²) in [5, 5.41) is 17.8. The van der Waals surface area contributed by atoms with Crippen molar-refractivity contribution in [2.24, 2.45) is 17.8 Å². The van der Waals surface area contributed by atoms with Gasteiger partial charge in [0.2, 0.25) is 0 Å². The molecule has 1 fully saturated rings. The van der Waals surface area contributed by atoms with Crippen LogP contribution in [0.15, 0.2) is 0 Å². The summed E-state index contributed by atoms with van der Waals surface area (Å²) in [5.74, 6) is 1.31. The zero-order valence-corrected chi connectivity index (χ0v) is 6.45. The van der Waals surface area contributed by atoms with E-state index in [-0.39, 0.29) is 13.2 Å². The number of aliphatic hydroxyl groups is 2. The molecule has 0 bridgehead atoms. The molecule has 2 heteroatoms.